The number of rotatable bonds is 8. The van der Waals surface area contributed by atoms with Gasteiger partial charge in [0.25, 0.3) is 5.56 Å². The van der Waals surface area contributed by atoms with Crippen molar-refractivity contribution in [2.45, 2.75) is 25.4 Å². The number of para-hydroxylation sites is 1. The lowest BCUT2D eigenvalue weighted by molar-refractivity contribution is 0.181. The van der Waals surface area contributed by atoms with Crippen LogP contribution in [0, 0.1) is 0 Å². The van der Waals surface area contributed by atoms with Gasteiger partial charge in [-0.1, -0.05) is 18.2 Å². The molecule has 1 aliphatic heterocycles. The van der Waals surface area contributed by atoms with Gasteiger partial charge < -0.3 is 24.1 Å². The summed E-state index contributed by atoms with van der Waals surface area (Å²) in [5.41, 5.74) is 3.32. The van der Waals surface area contributed by atoms with Crippen molar-refractivity contribution in [3.05, 3.63) is 69.8 Å². The normalized spacial score (nSPS) is 14.1. The number of ether oxygens (including phenoxy) is 3. The summed E-state index contributed by atoms with van der Waals surface area (Å²) in [5, 5.41) is 13.3. The molecule has 0 bridgehead atoms. The fourth-order valence-electron chi connectivity index (χ4n) is 4.77. The molecule has 35 heavy (non-hydrogen) atoms. The van der Waals surface area contributed by atoms with Crippen LogP contribution in [0.4, 0.5) is 5.69 Å². The van der Waals surface area contributed by atoms with Crippen molar-refractivity contribution in [2.75, 3.05) is 39.4 Å². The minimum atomic E-state index is -0.496. The average molecular weight is 477 g/mol. The second kappa shape index (κ2) is 9.75. The Morgan fingerprint density at radius 1 is 1.09 bits per heavy atom. The van der Waals surface area contributed by atoms with Gasteiger partial charge >= 0.3 is 0 Å². The third kappa shape index (κ3) is 4.21. The van der Waals surface area contributed by atoms with Crippen LogP contribution in [0.2, 0.25) is 0 Å². The summed E-state index contributed by atoms with van der Waals surface area (Å²) < 4.78 is 17.9. The molecule has 0 saturated carbocycles. The predicted octanol–water partition coefficient (Wildman–Crippen LogP) is 2.72. The third-order valence-electron chi connectivity index (χ3n) is 6.44. The van der Waals surface area contributed by atoms with E-state index in [1.807, 2.05) is 24.3 Å². The molecule has 10 nitrogen and oxygen atoms in total. The maximum atomic E-state index is 13.5. The van der Waals surface area contributed by atoms with Crippen molar-refractivity contribution in [1.82, 2.24) is 25.2 Å². The molecule has 0 amide bonds. The van der Waals surface area contributed by atoms with E-state index in [1.165, 1.54) is 5.56 Å². The van der Waals surface area contributed by atoms with Crippen molar-refractivity contribution in [1.29, 1.82) is 0 Å². The van der Waals surface area contributed by atoms with Crippen LogP contribution in [0.15, 0.2) is 47.3 Å². The zero-order valence-corrected chi connectivity index (χ0v) is 20.0. The van der Waals surface area contributed by atoms with E-state index in [0.29, 0.717) is 41.6 Å². The summed E-state index contributed by atoms with van der Waals surface area (Å²) in [4.78, 5) is 18.8. The zero-order chi connectivity index (χ0) is 24.4. The number of tetrazole rings is 1. The second-order valence-electron chi connectivity index (χ2n) is 8.43. The van der Waals surface area contributed by atoms with Gasteiger partial charge in [0.2, 0.25) is 0 Å². The number of fused-ring (bicyclic) bond motifs is 2. The lowest BCUT2D eigenvalue weighted by Gasteiger charge is -2.37. The Morgan fingerprint density at radius 3 is 2.69 bits per heavy atom. The summed E-state index contributed by atoms with van der Waals surface area (Å²) in [6, 6.07) is 13.3. The molecule has 182 valence electrons. The van der Waals surface area contributed by atoms with Gasteiger partial charge in [-0.05, 0) is 47.0 Å². The molecule has 10 heteroatoms. The number of methoxy groups -OCH3 is 3. The molecule has 2 aromatic carbocycles. The van der Waals surface area contributed by atoms with E-state index >= 15 is 0 Å². The number of aromatic nitrogens is 5. The first-order valence-electron chi connectivity index (χ1n) is 11.5. The molecular formula is C25H28N6O4. The molecule has 0 saturated heterocycles. The van der Waals surface area contributed by atoms with Gasteiger partial charge in [-0.3, -0.25) is 4.79 Å². The highest BCUT2D eigenvalue weighted by Gasteiger charge is 2.33. The quantitative estimate of drug-likeness (QED) is 0.414. The van der Waals surface area contributed by atoms with E-state index in [1.54, 1.807) is 32.1 Å². The fourth-order valence-corrected chi connectivity index (χ4v) is 4.77. The molecule has 4 aromatic rings. The lowest BCUT2D eigenvalue weighted by atomic mass is 9.96. The predicted molar refractivity (Wildman–Crippen MR) is 131 cm³/mol. The van der Waals surface area contributed by atoms with Crippen LogP contribution in [0.25, 0.3) is 10.9 Å². The topological polar surface area (TPSA) is 107 Å². The highest BCUT2D eigenvalue weighted by Crippen LogP contribution is 2.37. The number of aromatic amines is 1. The van der Waals surface area contributed by atoms with E-state index in [4.69, 9.17) is 14.2 Å². The Kier molecular flexibility index (Phi) is 6.37. The van der Waals surface area contributed by atoms with Crippen molar-refractivity contribution < 1.29 is 14.2 Å². The number of nitrogens with one attached hydrogen (secondary N) is 1. The van der Waals surface area contributed by atoms with Crippen molar-refractivity contribution in [3.63, 3.8) is 0 Å². The number of aryl methyl sites for hydroxylation is 1. The summed E-state index contributed by atoms with van der Waals surface area (Å²) >= 11 is 0. The highest BCUT2D eigenvalue weighted by molar-refractivity contribution is 5.83. The zero-order valence-electron chi connectivity index (χ0n) is 20.0. The van der Waals surface area contributed by atoms with Crippen LogP contribution in [-0.4, -0.2) is 59.7 Å². The minimum Gasteiger partial charge on any atom is -0.493 e. The molecule has 1 N–H and O–H groups in total. The molecule has 2 aromatic heterocycles. The number of benzene rings is 2. The summed E-state index contributed by atoms with van der Waals surface area (Å²) in [5.74, 6) is 1.72. The van der Waals surface area contributed by atoms with Gasteiger partial charge in [-0.15, -0.1) is 5.10 Å². The van der Waals surface area contributed by atoms with E-state index < -0.39 is 6.04 Å². The van der Waals surface area contributed by atoms with Crippen LogP contribution in [0.3, 0.4) is 0 Å². The van der Waals surface area contributed by atoms with Crippen LogP contribution in [-0.2, 0) is 17.7 Å². The minimum absolute atomic E-state index is 0.209. The SMILES string of the molecule is COCCn1nnnc1C(c1cc2cc(OC)c(OC)cc2[nH]c1=O)N1CCCc2ccccc21. The molecule has 3 heterocycles. The molecule has 0 fully saturated rings. The van der Waals surface area contributed by atoms with Crippen molar-refractivity contribution >= 4 is 16.6 Å². The molecule has 1 aliphatic rings. The third-order valence-corrected chi connectivity index (χ3v) is 6.44. The number of H-pyrrole nitrogens is 1. The average Bonchev–Trinajstić information content (AvgIpc) is 3.35. The summed E-state index contributed by atoms with van der Waals surface area (Å²) in [6.07, 6.45) is 1.95. The number of anilines is 1. The van der Waals surface area contributed by atoms with Crippen molar-refractivity contribution in [2.24, 2.45) is 0 Å². The Hall–Kier alpha value is -3.92. The second-order valence-corrected chi connectivity index (χ2v) is 8.43. The molecule has 0 spiro atoms. The maximum Gasteiger partial charge on any atom is 0.254 e. The van der Waals surface area contributed by atoms with E-state index in [9.17, 15) is 4.79 Å². The highest BCUT2D eigenvalue weighted by atomic mass is 16.5. The smallest absolute Gasteiger partial charge is 0.254 e. The number of nitrogens with zero attached hydrogens (tertiary/aromatic N) is 5. The van der Waals surface area contributed by atoms with Gasteiger partial charge in [0.15, 0.2) is 17.3 Å². The molecular weight excluding hydrogens is 448 g/mol. The Balaban J connectivity index is 1.72. The first kappa shape index (κ1) is 22.9. The summed E-state index contributed by atoms with van der Waals surface area (Å²) in [7, 11) is 4.80. The number of hydrogen-bond donors (Lipinski definition) is 1. The number of pyridine rings is 1. The standard InChI is InChI=1S/C25H28N6O4/c1-33-12-11-31-24(27-28-29-31)23(30-10-6-8-16-7-4-5-9-20(16)30)18-13-17-14-21(34-2)22(35-3)15-19(17)26-25(18)32/h4-5,7,9,13-15,23H,6,8,10-12H2,1-3H3,(H,26,32). The number of hydrogen-bond acceptors (Lipinski definition) is 8. The van der Waals surface area contributed by atoms with Gasteiger partial charge in [0, 0.05) is 36.4 Å². The van der Waals surface area contributed by atoms with Crippen LogP contribution < -0.4 is 19.9 Å². The molecule has 5 rings (SSSR count). The Morgan fingerprint density at radius 2 is 1.89 bits per heavy atom. The largest absolute Gasteiger partial charge is 0.493 e. The monoisotopic (exact) mass is 476 g/mol. The molecule has 1 unspecified atom stereocenters. The van der Waals surface area contributed by atoms with Gasteiger partial charge in [0.1, 0.15) is 6.04 Å². The Labute approximate surface area is 202 Å². The van der Waals surface area contributed by atoms with Crippen LogP contribution >= 0.6 is 0 Å². The first-order chi connectivity index (χ1) is 17.1. The Bertz CT molecular complexity index is 1400. The summed E-state index contributed by atoms with van der Waals surface area (Å²) in [6.45, 7) is 1.69. The van der Waals surface area contributed by atoms with Crippen molar-refractivity contribution in [3.8, 4) is 11.5 Å². The fraction of sp³-hybridized carbons (Fsp3) is 0.360. The van der Waals surface area contributed by atoms with Gasteiger partial charge in [0.05, 0.1) is 32.9 Å². The van der Waals surface area contributed by atoms with Crippen LogP contribution in [0.5, 0.6) is 11.5 Å². The molecule has 0 radical (unpaired) electrons. The van der Waals surface area contributed by atoms with E-state index in [-0.39, 0.29) is 5.56 Å². The first-order valence-corrected chi connectivity index (χ1v) is 11.5. The molecule has 1 atom stereocenters. The van der Waals surface area contributed by atoms with Gasteiger partial charge in [-0.25, -0.2) is 4.68 Å². The lowest BCUT2D eigenvalue weighted by Crippen LogP contribution is -2.38. The maximum absolute atomic E-state index is 13.5. The van der Waals surface area contributed by atoms with E-state index in [0.717, 1.165) is 30.5 Å². The van der Waals surface area contributed by atoms with E-state index in [2.05, 4.69) is 37.5 Å². The van der Waals surface area contributed by atoms with Gasteiger partial charge in [-0.2, -0.15) is 0 Å². The van der Waals surface area contributed by atoms with Crippen LogP contribution in [0.1, 0.15) is 29.4 Å². The molecule has 0 aliphatic carbocycles.